The van der Waals surface area contributed by atoms with Crippen LogP contribution in [0.5, 0.6) is 0 Å². The Hall–Kier alpha value is 0.148. The molecule has 36 heavy (non-hydrogen) atoms. The Morgan fingerprint density at radius 2 is 0.889 bits per heavy atom. The molecule has 2 amide bonds. The van der Waals surface area contributed by atoms with Gasteiger partial charge >= 0.3 is 7.25 Å². The van der Waals surface area contributed by atoms with Gasteiger partial charge in [-0.1, -0.05) is 43.5 Å². The quantitative estimate of drug-likeness (QED) is 0.133. The summed E-state index contributed by atoms with van der Waals surface area (Å²) >= 11 is 0. The minimum atomic E-state index is -6.00. The van der Waals surface area contributed by atoms with Crippen molar-refractivity contribution in [3.63, 3.8) is 0 Å². The number of carbonyl (C=O) groups excluding carboxylic acids is 2. The molecule has 3 heterocycles. The van der Waals surface area contributed by atoms with Gasteiger partial charge < -0.3 is 17.3 Å². The number of amides is 2. The minimum Gasteiger partial charge on any atom is -0.418 e. The molecule has 0 unspecified atom stereocenters. The van der Waals surface area contributed by atoms with Gasteiger partial charge in [-0.05, 0) is 99.7 Å². The average Bonchev–Trinajstić information content (AvgIpc) is 3.30. The molecular weight excluding hydrogens is 598 g/mol. The molecule has 3 nitrogen and oxygen atoms in total. The second-order valence-corrected chi connectivity index (χ2v) is 15.9. The van der Waals surface area contributed by atoms with Crippen LogP contribution in [0.2, 0.25) is 0 Å². The van der Waals surface area contributed by atoms with E-state index in [0.29, 0.717) is 22.6 Å². The molecule has 0 bridgehead atoms. The molecule has 3 aliphatic heterocycles. The average molecular weight is 637 g/mol. The fraction of sp³-hybridized carbons (Fsp3) is 0.680. The molecule has 1 aliphatic carbocycles. The molecule has 0 spiro atoms. The van der Waals surface area contributed by atoms with E-state index < -0.39 is 23.1 Å². The van der Waals surface area contributed by atoms with Crippen molar-refractivity contribution in [2.24, 2.45) is 0 Å². The molecule has 0 aromatic rings. The Morgan fingerprint density at radius 1 is 0.667 bits per heavy atom. The van der Waals surface area contributed by atoms with E-state index >= 15 is 0 Å². The summed E-state index contributed by atoms with van der Waals surface area (Å²) in [7, 11) is -5.26. The van der Waals surface area contributed by atoms with Gasteiger partial charge in [-0.2, -0.15) is 0 Å². The van der Waals surface area contributed by atoms with Gasteiger partial charge in [0.1, 0.15) is 0 Å². The van der Waals surface area contributed by atoms with Crippen molar-refractivity contribution >= 4 is 34.9 Å². The first kappa shape index (κ1) is 34.2. The number of hydrogen-bond acceptors (Lipinski definition) is 2. The summed E-state index contributed by atoms with van der Waals surface area (Å²) in [6, 6.07) is 0. The molecule has 5 radical (unpaired) electrons. The molecule has 4 aliphatic rings. The summed E-state index contributed by atoms with van der Waals surface area (Å²) in [5.41, 5.74) is 2.34. The van der Waals surface area contributed by atoms with Crippen LogP contribution in [0, 0.1) is 25.7 Å². The van der Waals surface area contributed by atoms with Gasteiger partial charge in [-0.3, -0.25) is 14.5 Å². The third-order valence-corrected chi connectivity index (χ3v) is 13.9. The summed E-state index contributed by atoms with van der Waals surface area (Å²) in [6.07, 6.45) is 18.8. The molecular formula is C25H39BF4NO2P2Rh-. The number of halogens is 4. The van der Waals surface area contributed by atoms with Crippen molar-refractivity contribution in [1.29, 1.82) is 0 Å². The molecule has 4 rings (SSSR count). The van der Waals surface area contributed by atoms with Crippen LogP contribution in [-0.4, -0.2) is 53.7 Å². The van der Waals surface area contributed by atoms with E-state index in [4.69, 9.17) is 0 Å². The van der Waals surface area contributed by atoms with Crippen molar-refractivity contribution in [1.82, 2.24) is 4.90 Å². The largest absolute Gasteiger partial charge is 0.673 e. The van der Waals surface area contributed by atoms with Crippen LogP contribution in [-0.2, 0) is 29.1 Å². The van der Waals surface area contributed by atoms with Gasteiger partial charge in [0.25, 0.3) is 11.8 Å². The van der Waals surface area contributed by atoms with Crippen molar-refractivity contribution in [3.8, 4) is 0 Å². The first-order chi connectivity index (χ1) is 16.3. The van der Waals surface area contributed by atoms with Gasteiger partial charge in [0, 0.05) is 26.5 Å². The van der Waals surface area contributed by atoms with Crippen molar-refractivity contribution in [2.45, 2.75) is 102 Å². The third-order valence-electron chi connectivity index (χ3n) is 6.99. The SMILES string of the molecule is C[C@H]1CC[C@H](C)P1C1=C(P2[C@@H](C)CC[C@@H]2C)C(=O)N(C)C1=O.F[B-](F)(F)F.[CH]1[CH]CC[CH][CH]CC1.[Rh]. The number of carbonyl (C=O) groups is 2. The summed E-state index contributed by atoms with van der Waals surface area (Å²) in [4.78, 5) is 27.1. The van der Waals surface area contributed by atoms with Crippen LogP contribution in [0.15, 0.2) is 10.6 Å². The maximum absolute atomic E-state index is 12.8. The molecule has 1 saturated carbocycles. The van der Waals surface area contributed by atoms with E-state index in [0.717, 1.165) is 10.6 Å². The van der Waals surface area contributed by atoms with Crippen LogP contribution in [0.3, 0.4) is 0 Å². The monoisotopic (exact) mass is 637 g/mol. The molecule has 2 saturated heterocycles. The van der Waals surface area contributed by atoms with Crippen LogP contribution >= 0.6 is 15.8 Å². The number of imide groups is 1. The van der Waals surface area contributed by atoms with E-state index in [1.54, 1.807) is 7.05 Å². The normalized spacial score (nSPS) is 30.2. The standard InChI is InChI=1S/C17H27NO2P2.C8H12.BF4.Rh/c1-10-6-7-11(2)21(10)14-15(17(20)18(5)16(14)19)22-12(3)8-9-13(22)4;1-2-4-6-8-7-5-3-1;2-1(3,4)5;/h10-13H,6-9H2,1-5H3;1-2,7-8H,3-6H2;;/q;;-1;/t10-,11-,12-,13-;;;/m0.../s1. The Balaban J connectivity index is 0.000000383. The van der Waals surface area contributed by atoms with E-state index in [1.807, 2.05) is 0 Å². The fourth-order valence-corrected chi connectivity index (χ4v) is 12.5. The maximum atomic E-state index is 12.8. The Bertz CT molecular complexity index is 675. The van der Waals surface area contributed by atoms with Crippen LogP contribution in [0.25, 0.3) is 0 Å². The Labute approximate surface area is 230 Å². The van der Waals surface area contributed by atoms with E-state index in [-0.39, 0.29) is 31.3 Å². The third kappa shape index (κ3) is 9.71. The molecule has 3 fully saturated rings. The number of hydrogen-bond donors (Lipinski definition) is 0. The Kier molecular flexibility index (Phi) is 14.9. The van der Waals surface area contributed by atoms with Crippen molar-refractivity contribution < 1.29 is 46.3 Å². The molecule has 4 atom stereocenters. The van der Waals surface area contributed by atoms with E-state index in [2.05, 4.69) is 53.4 Å². The van der Waals surface area contributed by atoms with Gasteiger partial charge in [0.05, 0.1) is 10.6 Å². The number of likely N-dealkylation sites (N-methyl/N-ethyl adjacent to an activating group) is 1. The molecule has 0 N–H and O–H groups in total. The van der Waals surface area contributed by atoms with Crippen LogP contribution in [0.4, 0.5) is 17.3 Å². The van der Waals surface area contributed by atoms with Gasteiger partial charge in [-0.15, -0.1) is 0 Å². The predicted octanol–water partition coefficient (Wildman–Crippen LogP) is 7.98. The molecule has 11 heteroatoms. The topological polar surface area (TPSA) is 37.4 Å². The summed E-state index contributed by atoms with van der Waals surface area (Å²) in [5.74, 6) is 0.0565. The minimum absolute atomic E-state index is 0. The zero-order valence-electron chi connectivity index (χ0n) is 21.9. The van der Waals surface area contributed by atoms with Gasteiger partial charge in [-0.25, -0.2) is 0 Å². The molecule has 207 valence electrons. The first-order valence-corrected chi connectivity index (χ1v) is 15.6. The van der Waals surface area contributed by atoms with Crippen LogP contribution < -0.4 is 0 Å². The summed E-state index contributed by atoms with van der Waals surface area (Å²) < 4.78 is 39.0. The second kappa shape index (κ2) is 15.7. The van der Waals surface area contributed by atoms with Crippen LogP contribution in [0.1, 0.15) is 79.1 Å². The number of nitrogens with zero attached hydrogens (tertiary/aromatic N) is 1. The second-order valence-electron chi connectivity index (χ2n) is 9.82. The van der Waals surface area contributed by atoms with Gasteiger partial charge in [0.15, 0.2) is 0 Å². The van der Waals surface area contributed by atoms with E-state index in [9.17, 15) is 26.9 Å². The summed E-state index contributed by atoms with van der Waals surface area (Å²) in [5, 5.41) is 1.96. The number of rotatable bonds is 2. The predicted molar refractivity (Wildman–Crippen MR) is 141 cm³/mol. The van der Waals surface area contributed by atoms with Crippen molar-refractivity contribution in [2.75, 3.05) is 7.05 Å². The Morgan fingerprint density at radius 3 is 1.11 bits per heavy atom. The van der Waals surface area contributed by atoms with E-state index in [1.165, 1.54) is 56.3 Å². The van der Waals surface area contributed by atoms with Gasteiger partial charge in [0.2, 0.25) is 0 Å². The smallest absolute Gasteiger partial charge is 0.418 e. The fourth-order valence-electron chi connectivity index (χ4n) is 5.21. The zero-order valence-corrected chi connectivity index (χ0v) is 25.3. The van der Waals surface area contributed by atoms with Crippen molar-refractivity contribution in [3.05, 3.63) is 36.3 Å². The summed E-state index contributed by atoms with van der Waals surface area (Å²) in [6.45, 7) is 9.13. The first-order valence-electron chi connectivity index (χ1n) is 12.6. The molecule has 0 aromatic carbocycles. The zero-order chi connectivity index (χ0) is 26.3. The maximum Gasteiger partial charge on any atom is 0.673 e. The molecule has 0 aromatic heterocycles.